The Hall–Kier alpha value is -1.65. The van der Waals surface area contributed by atoms with Gasteiger partial charge in [0.2, 0.25) is 5.60 Å². The van der Waals surface area contributed by atoms with E-state index in [0.29, 0.717) is 5.56 Å². The Bertz CT molecular complexity index is 438. The van der Waals surface area contributed by atoms with Crippen molar-refractivity contribution in [3.8, 4) is 0 Å². The lowest BCUT2D eigenvalue weighted by Gasteiger charge is -2.30. The summed E-state index contributed by atoms with van der Waals surface area (Å²) >= 11 is 0. The molecule has 2 atom stereocenters. The SMILES string of the molecule is O=C(O)C1(O)C=Cc2ccccc2C1O. The van der Waals surface area contributed by atoms with Gasteiger partial charge in [0.15, 0.2) is 0 Å². The molecule has 0 saturated carbocycles. The summed E-state index contributed by atoms with van der Waals surface area (Å²) in [4.78, 5) is 10.8. The van der Waals surface area contributed by atoms with Gasteiger partial charge in [-0.05, 0) is 17.2 Å². The lowest BCUT2D eigenvalue weighted by molar-refractivity contribution is -0.164. The molecule has 4 heteroatoms. The summed E-state index contributed by atoms with van der Waals surface area (Å²) in [5.41, 5.74) is -1.09. The van der Waals surface area contributed by atoms with Crippen LogP contribution in [0.1, 0.15) is 17.2 Å². The zero-order valence-electron chi connectivity index (χ0n) is 7.79. The molecule has 0 amide bonds. The van der Waals surface area contributed by atoms with E-state index in [1.165, 1.54) is 6.08 Å². The fourth-order valence-electron chi connectivity index (χ4n) is 1.64. The summed E-state index contributed by atoms with van der Waals surface area (Å²) in [7, 11) is 0. The molecule has 0 fully saturated rings. The average Bonchev–Trinajstić information content (AvgIpc) is 2.24. The van der Waals surface area contributed by atoms with Crippen LogP contribution in [0.2, 0.25) is 0 Å². The van der Waals surface area contributed by atoms with Crippen LogP contribution in [-0.2, 0) is 4.79 Å². The molecule has 1 aromatic rings. The van der Waals surface area contributed by atoms with Gasteiger partial charge in [-0.25, -0.2) is 4.79 Å². The molecule has 1 aliphatic carbocycles. The van der Waals surface area contributed by atoms with E-state index in [4.69, 9.17) is 5.11 Å². The van der Waals surface area contributed by atoms with Gasteiger partial charge in [-0.15, -0.1) is 0 Å². The highest BCUT2D eigenvalue weighted by Gasteiger charge is 2.44. The van der Waals surface area contributed by atoms with Gasteiger partial charge in [0.05, 0.1) is 0 Å². The summed E-state index contributed by atoms with van der Waals surface area (Å²) < 4.78 is 0. The second kappa shape index (κ2) is 3.18. The zero-order chi connectivity index (χ0) is 11.1. The number of hydrogen-bond donors (Lipinski definition) is 3. The minimum Gasteiger partial charge on any atom is -0.479 e. The first kappa shape index (κ1) is 9.89. The smallest absolute Gasteiger partial charge is 0.342 e. The Balaban J connectivity index is 2.54. The summed E-state index contributed by atoms with van der Waals surface area (Å²) in [6.07, 6.45) is 1.16. The molecule has 0 bridgehead atoms. The van der Waals surface area contributed by atoms with Gasteiger partial charge in [0.1, 0.15) is 6.10 Å². The van der Waals surface area contributed by atoms with Crippen LogP contribution in [0.15, 0.2) is 30.3 Å². The Kier molecular flexibility index (Phi) is 2.10. The van der Waals surface area contributed by atoms with Gasteiger partial charge < -0.3 is 15.3 Å². The number of aliphatic carboxylic acids is 1. The molecule has 2 rings (SSSR count). The topological polar surface area (TPSA) is 77.8 Å². The van der Waals surface area contributed by atoms with Crippen LogP contribution in [0.5, 0.6) is 0 Å². The van der Waals surface area contributed by atoms with Gasteiger partial charge in [-0.1, -0.05) is 30.3 Å². The third-order valence-electron chi connectivity index (χ3n) is 2.57. The van der Waals surface area contributed by atoms with Crippen LogP contribution < -0.4 is 0 Å². The largest absolute Gasteiger partial charge is 0.479 e. The maximum absolute atomic E-state index is 10.8. The van der Waals surface area contributed by atoms with Gasteiger partial charge in [-0.2, -0.15) is 0 Å². The number of benzene rings is 1. The van der Waals surface area contributed by atoms with E-state index in [1.54, 1.807) is 24.3 Å². The normalized spacial score (nSPS) is 28.5. The zero-order valence-corrected chi connectivity index (χ0v) is 7.79. The van der Waals surface area contributed by atoms with E-state index >= 15 is 0 Å². The molecular weight excluding hydrogens is 196 g/mol. The number of hydrogen-bond acceptors (Lipinski definition) is 3. The van der Waals surface area contributed by atoms with Gasteiger partial charge in [0, 0.05) is 0 Å². The fourth-order valence-corrected chi connectivity index (χ4v) is 1.64. The number of fused-ring (bicyclic) bond motifs is 1. The second-order valence-corrected chi connectivity index (χ2v) is 3.50. The first-order valence-corrected chi connectivity index (χ1v) is 4.47. The summed E-state index contributed by atoms with van der Waals surface area (Å²) in [5, 5.41) is 28.3. The molecule has 3 N–H and O–H groups in total. The number of carboxylic acid groups (broad SMARTS) is 1. The highest BCUT2D eigenvalue weighted by Crippen LogP contribution is 2.35. The molecule has 0 aromatic heterocycles. The van der Waals surface area contributed by atoms with Gasteiger partial charge in [-0.3, -0.25) is 0 Å². The minimum absolute atomic E-state index is 0.421. The molecule has 0 heterocycles. The quantitative estimate of drug-likeness (QED) is 0.627. The third-order valence-corrected chi connectivity index (χ3v) is 2.57. The molecule has 0 spiro atoms. The molecule has 1 aliphatic rings. The summed E-state index contributed by atoms with van der Waals surface area (Å²) in [5.74, 6) is -1.46. The van der Waals surface area contributed by atoms with Crippen molar-refractivity contribution >= 4 is 12.0 Å². The second-order valence-electron chi connectivity index (χ2n) is 3.50. The number of rotatable bonds is 1. The van der Waals surface area contributed by atoms with E-state index in [9.17, 15) is 15.0 Å². The average molecular weight is 206 g/mol. The van der Waals surface area contributed by atoms with Crippen molar-refractivity contribution in [3.05, 3.63) is 41.5 Å². The van der Waals surface area contributed by atoms with Crippen LogP contribution in [0.4, 0.5) is 0 Å². The van der Waals surface area contributed by atoms with Crippen molar-refractivity contribution in [1.29, 1.82) is 0 Å². The lowest BCUT2D eigenvalue weighted by Crippen LogP contribution is -2.44. The summed E-state index contributed by atoms with van der Waals surface area (Å²) in [6, 6.07) is 6.80. The predicted molar refractivity (Wildman–Crippen MR) is 53.0 cm³/mol. The molecule has 0 radical (unpaired) electrons. The number of carboxylic acids is 1. The standard InChI is InChI=1S/C11H10O4/c12-9-8-4-2-1-3-7(8)5-6-11(9,15)10(13)14/h1-6,9,12,15H,(H,13,14). The van der Waals surface area contributed by atoms with E-state index in [0.717, 1.165) is 11.6 Å². The van der Waals surface area contributed by atoms with E-state index < -0.39 is 17.7 Å². The Labute approximate surface area is 86.1 Å². The highest BCUT2D eigenvalue weighted by molar-refractivity contribution is 5.84. The first-order valence-electron chi connectivity index (χ1n) is 4.47. The number of carbonyl (C=O) groups is 1. The molecule has 0 aliphatic heterocycles. The van der Waals surface area contributed by atoms with Crippen molar-refractivity contribution in [1.82, 2.24) is 0 Å². The van der Waals surface area contributed by atoms with Crippen LogP contribution in [0.3, 0.4) is 0 Å². The fraction of sp³-hybridized carbons (Fsp3) is 0.182. The Morgan fingerprint density at radius 2 is 2.00 bits per heavy atom. The van der Waals surface area contributed by atoms with Crippen molar-refractivity contribution < 1.29 is 20.1 Å². The Morgan fingerprint density at radius 3 is 2.67 bits per heavy atom. The van der Waals surface area contributed by atoms with E-state index in [1.807, 2.05) is 0 Å². The maximum Gasteiger partial charge on any atom is 0.342 e. The van der Waals surface area contributed by atoms with Gasteiger partial charge in [0.25, 0.3) is 0 Å². The predicted octanol–water partition coefficient (Wildman–Crippen LogP) is 0.563. The third kappa shape index (κ3) is 1.35. The van der Waals surface area contributed by atoms with Crippen LogP contribution in [-0.4, -0.2) is 26.9 Å². The first-order chi connectivity index (χ1) is 7.05. The molecular formula is C11H10O4. The monoisotopic (exact) mass is 206 g/mol. The van der Waals surface area contributed by atoms with Crippen LogP contribution in [0, 0.1) is 0 Å². The summed E-state index contributed by atoms with van der Waals surface area (Å²) in [6.45, 7) is 0. The van der Waals surface area contributed by atoms with Crippen molar-refractivity contribution in [2.75, 3.05) is 0 Å². The molecule has 0 saturated heterocycles. The number of aliphatic hydroxyl groups excluding tert-OH is 1. The van der Waals surface area contributed by atoms with Crippen LogP contribution in [0.25, 0.3) is 6.08 Å². The van der Waals surface area contributed by atoms with Crippen molar-refractivity contribution in [2.24, 2.45) is 0 Å². The van der Waals surface area contributed by atoms with E-state index in [-0.39, 0.29) is 0 Å². The van der Waals surface area contributed by atoms with Crippen molar-refractivity contribution in [2.45, 2.75) is 11.7 Å². The molecule has 1 aromatic carbocycles. The highest BCUT2D eigenvalue weighted by atomic mass is 16.4. The molecule has 78 valence electrons. The maximum atomic E-state index is 10.8. The van der Waals surface area contributed by atoms with Crippen LogP contribution >= 0.6 is 0 Å². The minimum atomic E-state index is -2.23. The molecule has 4 nitrogen and oxygen atoms in total. The number of aliphatic hydroxyl groups is 2. The molecule has 15 heavy (non-hydrogen) atoms. The Morgan fingerprint density at radius 1 is 1.33 bits per heavy atom. The molecule has 2 unspecified atom stereocenters. The van der Waals surface area contributed by atoms with E-state index in [2.05, 4.69) is 0 Å². The van der Waals surface area contributed by atoms with Gasteiger partial charge >= 0.3 is 5.97 Å². The lowest BCUT2D eigenvalue weighted by atomic mass is 9.83. The van der Waals surface area contributed by atoms with Crippen molar-refractivity contribution in [3.63, 3.8) is 0 Å².